The molecule has 6 heteroatoms. The van der Waals surface area contributed by atoms with Crippen molar-refractivity contribution in [2.75, 3.05) is 7.11 Å². The lowest BCUT2D eigenvalue weighted by Gasteiger charge is -2.10. The molecule has 0 aliphatic heterocycles. The van der Waals surface area contributed by atoms with Crippen LogP contribution in [-0.4, -0.2) is 23.8 Å². The Balaban J connectivity index is 2.15. The number of ketones is 1. The van der Waals surface area contributed by atoms with Gasteiger partial charge in [0.1, 0.15) is 12.4 Å². The third-order valence-corrected chi connectivity index (χ3v) is 3.42. The smallest absolute Gasteiger partial charge is 0.340 e. The number of Topliss-reactive ketones (excluding diaryl/α,β-unsaturated/α-hetero) is 1. The molecule has 0 atom stereocenters. The lowest BCUT2D eigenvalue weighted by atomic mass is 10.1. The van der Waals surface area contributed by atoms with Crippen molar-refractivity contribution in [3.63, 3.8) is 0 Å². The van der Waals surface area contributed by atoms with Gasteiger partial charge in [-0.2, -0.15) is 0 Å². The van der Waals surface area contributed by atoms with E-state index in [4.69, 9.17) is 9.47 Å². The molecule has 1 heterocycles. The standard InChI is InChI=1S/C16H14BrNO4/c1-10(19)11-3-4-15(21-2)13(5-11)9-22-16(20)12-6-14(17)8-18-7-12/h3-8H,9H2,1-2H3. The second-order valence-corrected chi connectivity index (χ2v) is 5.47. The zero-order chi connectivity index (χ0) is 16.1. The van der Waals surface area contributed by atoms with Gasteiger partial charge in [0, 0.05) is 28.0 Å². The molecule has 1 aromatic heterocycles. The summed E-state index contributed by atoms with van der Waals surface area (Å²) in [5.41, 5.74) is 1.51. The summed E-state index contributed by atoms with van der Waals surface area (Å²) in [6.45, 7) is 1.49. The molecule has 0 spiro atoms. The van der Waals surface area contributed by atoms with E-state index in [1.165, 1.54) is 20.2 Å². The number of esters is 1. The maximum atomic E-state index is 12.0. The third-order valence-electron chi connectivity index (χ3n) is 2.99. The molecule has 5 nitrogen and oxygen atoms in total. The van der Waals surface area contributed by atoms with Gasteiger partial charge in [-0.15, -0.1) is 0 Å². The SMILES string of the molecule is COc1ccc(C(C)=O)cc1COC(=O)c1cncc(Br)c1. The van der Waals surface area contributed by atoms with Gasteiger partial charge in [0.05, 0.1) is 12.7 Å². The summed E-state index contributed by atoms with van der Waals surface area (Å²) in [5, 5.41) is 0. The van der Waals surface area contributed by atoms with E-state index in [9.17, 15) is 9.59 Å². The molecule has 0 saturated heterocycles. The number of nitrogens with zero attached hydrogens (tertiary/aromatic N) is 1. The summed E-state index contributed by atoms with van der Waals surface area (Å²) in [5.74, 6) is 0.000618. The maximum absolute atomic E-state index is 12.0. The molecule has 22 heavy (non-hydrogen) atoms. The number of aromatic nitrogens is 1. The molecule has 0 bridgehead atoms. The van der Waals surface area contributed by atoms with Crippen LogP contribution in [-0.2, 0) is 11.3 Å². The fourth-order valence-electron chi connectivity index (χ4n) is 1.86. The molecule has 0 saturated carbocycles. The van der Waals surface area contributed by atoms with E-state index >= 15 is 0 Å². The number of benzene rings is 1. The number of hydrogen-bond acceptors (Lipinski definition) is 5. The third kappa shape index (κ3) is 3.92. The van der Waals surface area contributed by atoms with Crippen LogP contribution in [0.1, 0.15) is 33.2 Å². The van der Waals surface area contributed by atoms with E-state index in [1.807, 2.05) is 0 Å². The van der Waals surface area contributed by atoms with Gasteiger partial charge in [-0.05, 0) is 47.1 Å². The number of halogens is 1. The van der Waals surface area contributed by atoms with Crippen LogP contribution in [0, 0.1) is 0 Å². The molecule has 0 aliphatic rings. The Kier molecular flexibility index (Phi) is 5.27. The Morgan fingerprint density at radius 1 is 1.18 bits per heavy atom. The number of ether oxygens (including phenoxy) is 2. The number of methoxy groups -OCH3 is 1. The average molecular weight is 364 g/mol. The molecule has 0 amide bonds. The van der Waals surface area contributed by atoms with Gasteiger partial charge in [-0.25, -0.2) is 4.79 Å². The molecule has 2 aromatic rings. The summed E-state index contributed by atoms with van der Waals surface area (Å²) in [6.07, 6.45) is 3.01. The summed E-state index contributed by atoms with van der Waals surface area (Å²) in [6, 6.07) is 6.64. The number of rotatable bonds is 5. The van der Waals surface area contributed by atoms with Crippen LogP contribution in [0.25, 0.3) is 0 Å². The monoisotopic (exact) mass is 363 g/mol. The van der Waals surface area contributed by atoms with Crippen molar-refractivity contribution in [3.8, 4) is 5.75 Å². The van der Waals surface area contributed by atoms with Crippen molar-refractivity contribution < 1.29 is 19.1 Å². The normalized spacial score (nSPS) is 10.1. The quantitative estimate of drug-likeness (QED) is 0.601. The fourth-order valence-corrected chi connectivity index (χ4v) is 2.23. The molecular formula is C16H14BrNO4. The summed E-state index contributed by atoms with van der Waals surface area (Å²) < 4.78 is 11.2. The van der Waals surface area contributed by atoms with Crippen LogP contribution in [0.4, 0.5) is 0 Å². The van der Waals surface area contributed by atoms with E-state index in [0.717, 1.165) is 0 Å². The first-order valence-electron chi connectivity index (χ1n) is 6.47. The second kappa shape index (κ2) is 7.17. The maximum Gasteiger partial charge on any atom is 0.340 e. The lowest BCUT2D eigenvalue weighted by molar-refractivity contribution is 0.0469. The minimum Gasteiger partial charge on any atom is -0.496 e. The zero-order valence-corrected chi connectivity index (χ0v) is 13.7. The topological polar surface area (TPSA) is 65.5 Å². The second-order valence-electron chi connectivity index (χ2n) is 4.55. The van der Waals surface area contributed by atoms with Crippen molar-refractivity contribution in [2.45, 2.75) is 13.5 Å². The highest BCUT2D eigenvalue weighted by atomic mass is 79.9. The summed E-state index contributed by atoms with van der Waals surface area (Å²) >= 11 is 3.25. The van der Waals surface area contributed by atoms with Gasteiger partial charge in [0.25, 0.3) is 0 Å². The zero-order valence-electron chi connectivity index (χ0n) is 12.1. The van der Waals surface area contributed by atoms with Gasteiger partial charge in [-0.1, -0.05) is 0 Å². The molecule has 114 valence electrons. The molecule has 0 N–H and O–H groups in total. The van der Waals surface area contributed by atoms with E-state index in [0.29, 0.717) is 26.9 Å². The number of hydrogen-bond donors (Lipinski definition) is 0. The first-order valence-corrected chi connectivity index (χ1v) is 7.26. The van der Waals surface area contributed by atoms with E-state index in [-0.39, 0.29) is 12.4 Å². The fraction of sp³-hybridized carbons (Fsp3) is 0.188. The number of carbonyl (C=O) groups excluding carboxylic acids is 2. The van der Waals surface area contributed by atoms with Gasteiger partial charge in [0.15, 0.2) is 5.78 Å². The highest BCUT2D eigenvalue weighted by molar-refractivity contribution is 9.10. The Bertz CT molecular complexity index is 715. The molecular weight excluding hydrogens is 350 g/mol. The minimum atomic E-state index is -0.496. The van der Waals surface area contributed by atoms with Crippen LogP contribution in [0.5, 0.6) is 5.75 Å². The molecule has 0 unspecified atom stereocenters. The first-order chi connectivity index (χ1) is 10.5. The van der Waals surface area contributed by atoms with Crippen LogP contribution < -0.4 is 4.74 Å². The van der Waals surface area contributed by atoms with Gasteiger partial charge < -0.3 is 9.47 Å². The van der Waals surface area contributed by atoms with E-state index in [1.54, 1.807) is 30.5 Å². The van der Waals surface area contributed by atoms with E-state index in [2.05, 4.69) is 20.9 Å². The lowest BCUT2D eigenvalue weighted by Crippen LogP contribution is -2.07. The van der Waals surface area contributed by atoms with Crippen LogP contribution in [0.3, 0.4) is 0 Å². The summed E-state index contributed by atoms with van der Waals surface area (Å²) in [4.78, 5) is 27.3. The van der Waals surface area contributed by atoms with Crippen LogP contribution in [0.15, 0.2) is 41.1 Å². The highest BCUT2D eigenvalue weighted by Gasteiger charge is 2.12. The highest BCUT2D eigenvalue weighted by Crippen LogP contribution is 2.22. The Morgan fingerprint density at radius 2 is 1.95 bits per heavy atom. The molecule has 0 fully saturated rings. The largest absolute Gasteiger partial charge is 0.496 e. The first kappa shape index (κ1) is 16.2. The van der Waals surface area contributed by atoms with Crippen LogP contribution >= 0.6 is 15.9 Å². The number of pyridine rings is 1. The van der Waals surface area contributed by atoms with Crippen molar-refractivity contribution in [1.29, 1.82) is 0 Å². The predicted octanol–water partition coefficient (Wildman–Crippen LogP) is 3.41. The predicted molar refractivity (Wildman–Crippen MR) is 84.1 cm³/mol. The average Bonchev–Trinajstić information content (AvgIpc) is 2.52. The molecule has 2 rings (SSSR count). The van der Waals surface area contributed by atoms with Crippen LogP contribution in [0.2, 0.25) is 0 Å². The minimum absolute atomic E-state index is 0.00956. The molecule has 0 aliphatic carbocycles. The Labute approximate surface area is 136 Å². The Hall–Kier alpha value is -2.21. The van der Waals surface area contributed by atoms with Gasteiger partial charge in [0.2, 0.25) is 0 Å². The van der Waals surface area contributed by atoms with Gasteiger partial charge >= 0.3 is 5.97 Å². The van der Waals surface area contributed by atoms with Crippen molar-refractivity contribution in [1.82, 2.24) is 4.98 Å². The van der Waals surface area contributed by atoms with Crippen molar-refractivity contribution in [2.24, 2.45) is 0 Å². The Morgan fingerprint density at radius 3 is 2.59 bits per heavy atom. The van der Waals surface area contributed by atoms with E-state index < -0.39 is 5.97 Å². The summed E-state index contributed by atoms with van der Waals surface area (Å²) in [7, 11) is 1.52. The molecule has 0 radical (unpaired) electrons. The number of carbonyl (C=O) groups is 2. The van der Waals surface area contributed by atoms with Gasteiger partial charge in [-0.3, -0.25) is 9.78 Å². The molecule has 1 aromatic carbocycles. The van der Waals surface area contributed by atoms with Crippen molar-refractivity contribution >= 4 is 27.7 Å². The van der Waals surface area contributed by atoms with Crippen molar-refractivity contribution in [3.05, 3.63) is 57.8 Å².